The fourth-order valence-corrected chi connectivity index (χ4v) is 1.64. The number of nitrogens with zero attached hydrogens (tertiary/aromatic N) is 3. The SMILES string of the molecule is N#CC(C#N)=NNc1ccc(Cl)c(NC(=O)c2ccco2)c1. The molecule has 108 valence electrons. The lowest BCUT2D eigenvalue weighted by Crippen LogP contribution is -2.11. The Balaban J connectivity index is 2.17. The topological polar surface area (TPSA) is 114 Å². The van der Waals surface area contributed by atoms with Gasteiger partial charge in [-0.3, -0.25) is 10.2 Å². The Morgan fingerprint density at radius 1 is 1.27 bits per heavy atom. The van der Waals surface area contributed by atoms with Gasteiger partial charge in [-0.2, -0.15) is 15.6 Å². The van der Waals surface area contributed by atoms with Gasteiger partial charge in [0.15, 0.2) is 5.76 Å². The van der Waals surface area contributed by atoms with Gasteiger partial charge in [0.05, 0.1) is 22.7 Å². The van der Waals surface area contributed by atoms with Crippen LogP contribution in [0.3, 0.4) is 0 Å². The van der Waals surface area contributed by atoms with Crippen molar-refractivity contribution in [1.82, 2.24) is 0 Å². The molecule has 0 unspecified atom stereocenters. The molecule has 0 aliphatic carbocycles. The van der Waals surface area contributed by atoms with E-state index in [1.165, 1.54) is 24.5 Å². The number of nitrogens with one attached hydrogen (secondary N) is 2. The quantitative estimate of drug-likeness (QED) is 0.665. The number of nitriles is 2. The number of furan rings is 1. The monoisotopic (exact) mass is 313 g/mol. The first-order chi connectivity index (χ1) is 10.6. The summed E-state index contributed by atoms with van der Waals surface area (Å²) in [6.45, 7) is 0. The third-order valence-electron chi connectivity index (χ3n) is 2.47. The molecule has 0 saturated carbocycles. The number of carbonyl (C=O) groups excluding carboxylic acids is 1. The highest BCUT2D eigenvalue weighted by molar-refractivity contribution is 6.34. The van der Waals surface area contributed by atoms with Crippen molar-refractivity contribution < 1.29 is 9.21 Å². The summed E-state index contributed by atoms with van der Waals surface area (Å²) in [7, 11) is 0. The number of hydrazone groups is 1. The second-order valence-corrected chi connectivity index (χ2v) is 4.33. The summed E-state index contributed by atoms with van der Waals surface area (Å²) in [6, 6.07) is 11.0. The van der Waals surface area contributed by atoms with E-state index in [1.54, 1.807) is 24.3 Å². The number of halogens is 1. The zero-order chi connectivity index (χ0) is 15.9. The van der Waals surface area contributed by atoms with Crippen molar-refractivity contribution in [3.8, 4) is 12.1 Å². The molecule has 2 aromatic rings. The Kier molecular flexibility index (Phi) is 4.76. The molecule has 0 spiro atoms. The molecular weight excluding hydrogens is 306 g/mol. The van der Waals surface area contributed by atoms with Crippen molar-refractivity contribution in [3.63, 3.8) is 0 Å². The van der Waals surface area contributed by atoms with E-state index in [9.17, 15) is 4.79 Å². The smallest absolute Gasteiger partial charge is 0.291 e. The predicted molar refractivity (Wildman–Crippen MR) is 80.4 cm³/mol. The van der Waals surface area contributed by atoms with Crippen LogP contribution in [0.1, 0.15) is 10.6 Å². The molecular formula is C14H8ClN5O2. The minimum atomic E-state index is -0.456. The number of rotatable bonds is 4. The maximum atomic E-state index is 11.9. The Labute approximate surface area is 130 Å². The van der Waals surface area contributed by atoms with E-state index in [1.807, 2.05) is 0 Å². The number of anilines is 2. The normalized spacial score (nSPS) is 9.23. The maximum Gasteiger partial charge on any atom is 0.291 e. The van der Waals surface area contributed by atoms with E-state index >= 15 is 0 Å². The second kappa shape index (κ2) is 6.93. The van der Waals surface area contributed by atoms with Gasteiger partial charge in [0, 0.05) is 0 Å². The van der Waals surface area contributed by atoms with E-state index in [2.05, 4.69) is 15.8 Å². The Morgan fingerprint density at radius 3 is 2.68 bits per heavy atom. The summed E-state index contributed by atoms with van der Waals surface area (Å²) < 4.78 is 4.98. The molecule has 0 aliphatic heterocycles. The average molecular weight is 314 g/mol. The van der Waals surface area contributed by atoms with Crippen molar-refractivity contribution in [3.05, 3.63) is 47.4 Å². The molecule has 1 amide bonds. The number of carbonyl (C=O) groups is 1. The molecule has 2 rings (SSSR count). The molecule has 1 aromatic heterocycles. The van der Waals surface area contributed by atoms with Crippen molar-refractivity contribution in [1.29, 1.82) is 10.5 Å². The number of hydrogen-bond donors (Lipinski definition) is 2. The van der Waals surface area contributed by atoms with Crippen LogP contribution in [0.5, 0.6) is 0 Å². The van der Waals surface area contributed by atoms with E-state index in [4.69, 9.17) is 26.5 Å². The summed E-state index contributed by atoms with van der Waals surface area (Å²) >= 11 is 6.01. The lowest BCUT2D eigenvalue weighted by molar-refractivity contribution is 0.0996. The first kappa shape index (κ1) is 15.1. The molecule has 1 heterocycles. The molecule has 0 atom stereocenters. The lowest BCUT2D eigenvalue weighted by Gasteiger charge is -2.08. The van der Waals surface area contributed by atoms with Crippen LogP contribution in [0, 0.1) is 22.7 Å². The predicted octanol–water partition coefficient (Wildman–Crippen LogP) is 3.00. The molecule has 0 saturated heterocycles. The van der Waals surface area contributed by atoms with Gasteiger partial charge in [0.2, 0.25) is 5.71 Å². The van der Waals surface area contributed by atoms with Crippen LogP contribution in [0.25, 0.3) is 0 Å². The van der Waals surface area contributed by atoms with Crippen molar-refractivity contribution in [2.45, 2.75) is 0 Å². The van der Waals surface area contributed by atoms with E-state index in [0.29, 0.717) is 16.4 Å². The van der Waals surface area contributed by atoms with Gasteiger partial charge in [-0.1, -0.05) is 11.6 Å². The summed E-state index contributed by atoms with van der Waals surface area (Å²) in [5.41, 5.74) is 2.99. The lowest BCUT2D eigenvalue weighted by atomic mass is 10.2. The summed E-state index contributed by atoms with van der Waals surface area (Å²) in [5, 5.41) is 23.7. The highest BCUT2D eigenvalue weighted by atomic mass is 35.5. The first-order valence-corrected chi connectivity index (χ1v) is 6.30. The maximum absolute atomic E-state index is 11.9. The van der Waals surface area contributed by atoms with E-state index < -0.39 is 5.91 Å². The zero-order valence-electron chi connectivity index (χ0n) is 11.0. The van der Waals surface area contributed by atoms with Crippen LogP contribution < -0.4 is 10.7 Å². The van der Waals surface area contributed by atoms with Gasteiger partial charge in [0.25, 0.3) is 5.91 Å². The molecule has 22 heavy (non-hydrogen) atoms. The van der Waals surface area contributed by atoms with Crippen LogP contribution in [0.2, 0.25) is 5.02 Å². The summed E-state index contributed by atoms with van der Waals surface area (Å²) in [6.07, 6.45) is 1.38. The van der Waals surface area contributed by atoms with E-state index in [-0.39, 0.29) is 11.5 Å². The zero-order valence-corrected chi connectivity index (χ0v) is 11.8. The molecule has 0 bridgehead atoms. The summed E-state index contributed by atoms with van der Waals surface area (Å²) in [5.74, 6) is -0.314. The average Bonchev–Trinajstić information content (AvgIpc) is 3.05. The molecule has 0 fully saturated rings. The molecule has 0 aliphatic rings. The minimum absolute atomic E-state index is 0.142. The minimum Gasteiger partial charge on any atom is -0.459 e. The van der Waals surface area contributed by atoms with Gasteiger partial charge in [-0.25, -0.2) is 0 Å². The van der Waals surface area contributed by atoms with Crippen LogP contribution in [0.4, 0.5) is 11.4 Å². The first-order valence-electron chi connectivity index (χ1n) is 5.92. The van der Waals surface area contributed by atoms with Gasteiger partial charge in [-0.05, 0) is 30.3 Å². The highest BCUT2D eigenvalue weighted by Gasteiger charge is 2.11. The fraction of sp³-hybridized carbons (Fsp3) is 0. The second-order valence-electron chi connectivity index (χ2n) is 3.92. The molecule has 2 N–H and O–H groups in total. The number of amides is 1. The Morgan fingerprint density at radius 2 is 2.05 bits per heavy atom. The van der Waals surface area contributed by atoms with Gasteiger partial charge in [0.1, 0.15) is 12.1 Å². The van der Waals surface area contributed by atoms with Crippen LogP contribution in [-0.4, -0.2) is 11.6 Å². The third-order valence-corrected chi connectivity index (χ3v) is 2.80. The van der Waals surface area contributed by atoms with Crippen molar-refractivity contribution in [2.75, 3.05) is 10.7 Å². The van der Waals surface area contributed by atoms with Gasteiger partial charge >= 0.3 is 0 Å². The van der Waals surface area contributed by atoms with Crippen LogP contribution >= 0.6 is 11.6 Å². The van der Waals surface area contributed by atoms with Crippen molar-refractivity contribution >= 4 is 34.6 Å². The number of hydrogen-bond acceptors (Lipinski definition) is 6. The molecule has 1 aromatic carbocycles. The van der Waals surface area contributed by atoms with Gasteiger partial charge in [-0.15, -0.1) is 0 Å². The van der Waals surface area contributed by atoms with E-state index in [0.717, 1.165) is 0 Å². The molecule has 0 radical (unpaired) electrons. The van der Waals surface area contributed by atoms with Gasteiger partial charge < -0.3 is 9.73 Å². The summed E-state index contributed by atoms with van der Waals surface area (Å²) in [4.78, 5) is 11.9. The highest BCUT2D eigenvalue weighted by Crippen LogP contribution is 2.26. The number of benzene rings is 1. The fourth-order valence-electron chi connectivity index (χ4n) is 1.48. The van der Waals surface area contributed by atoms with Crippen LogP contribution in [-0.2, 0) is 0 Å². The Hall–Kier alpha value is -3.29. The van der Waals surface area contributed by atoms with Crippen molar-refractivity contribution in [2.24, 2.45) is 5.10 Å². The van der Waals surface area contributed by atoms with Crippen LogP contribution in [0.15, 0.2) is 46.1 Å². The third kappa shape index (κ3) is 3.63. The Bertz CT molecular complexity index is 784. The largest absolute Gasteiger partial charge is 0.459 e. The molecule has 7 nitrogen and oxygen atoms in total. The standard InChI is InChI=1S/C14H8ClN5O2/c15-11-4-3-9(19-20-10(7-16)8-17)6-12(11)18-14(21)13-2-1-5-22-13/h1-6,19H,(H,18,21). The molecule has 8 heteroatoms.